The number of fused-ring (bicyclic) bond motifs is 1. The Morgan fingerprint density at radius 1 is 1.33 bits per heavy atom. The third-order valence-electron chi connectivity index (χ3n) is 2.52. The lowest BCUT2D eigenvalue weighted by atomic mass is 10.0. The highest BCUT2D eigenvalue weighted by Gasteiger charge is 2.15. The molecule has 0 saturated heterocycles. The summed E-state index contributed by atoms with van der Waals surface area (Å²) in [6, 6.07) is 3.50. The van der Waals surface area contributed by atoms with E-state index in [-0.39, 0.29) is 12.2 Å². The first kappa shape index (κ1) is 9.98. The number of aryl methyl sites for hydroxylation is 1. The molecule has 0 atom stereocenters. The van der Waals surface area contributed by atoms with Crippen LogP contribution >= 0.6 is 0 Å². The molecule has 2 N–H and O–H groups in total. The van der Waals surface area contributed by atoms with E-state index in [1.54, 1.807) is 6.07 Å². The van der Waals surface area contributed by atoms with Crippen molar-refractivity contribution >= 4 is 5.97 Å². The van der Waals surface area contributed by atoms with Crippen LogP contribution in [0, 0.1) is 0 Å². The number of aliphatic carboxylic acids is 1. The molecule has 15 heavy (non-hydrogen) atoms. The average Bonchev–Trinajstić information content (AvgIpc) is 2.60. The predicted octanol–water partition coefficient (Wildman–Crippen LogP) is 1.44. The maximum Gasteiger partial charge on any atom is 0.303 e. The fourth-order valence-electron chi connectivity index (χ4n) is 1.71. The van der Waals surface area contributed by atoms with Crippen LogP contribution in [0.3, 0.4) is 0 Å². The summed E-state index contributed by atoms with van der Waals surface area (Å²) in [5.74, 6) is -0.688. The fraction of sp³-hybridized carbons (Fsp3) is 0.364. The van der Waals surface area contributed by atoms with Crippen molar-refractivity contribution in [3.63, 3.8) is 0 Å². The number of carboxylic acids is 1. The molecule has 80 valence electrons. The molecule has 1 aromatic rings. The van der Waals surface area contributed by atoms with Gasteiger partial charge in [0.2, 0.25) is 0 Å². The van der Waals surface area contributed by atoms with Crippen LogP contribution in [0.15, 0.2) is 12.1 Å². The number of hydrogen-bond donors (Lipinski definition) is 2. The lowest BCUT2D eigenvalue weighted by Crippen LogP contribution is -1.98. The minimum Gasteiger partial charge on any atom is -0.508 e. The molecule has 4 heteroatoms. The standard InChI is InChI=1S/C11H12O4/c12-10-4-9-6-15-5-8(9)3-7(10)1-2-11(13)14/h3-4,12H,1-2,5-6H2,(H,13,14). The molecule has 0 spiro atoms. The highest BCUT2D eigenvalue weighted by Crippen LogP contribution is 2.28. The van der Waals surface area contributed by atoms with Crippen LogP contribution in [0.5, 0.6) is 5.75 Å². The number of phenols is 1. The first-order valence-electron chi connectivity index (χ1n) is 4.80. The van der Waals surface area contributed by atoms with Crippen molar-refractivity contribution < 1.29 is 19.7 Å². The van der Waals surface area contributed by atoms with Gasteiger partial charge in [0.1, 0.15) is 5.75 Å². The largest absolute Gasteiger partial charge is 0.508 e. The van der Waals surface area contributed by atoms with E-state index in [0.717, 1.165) is 11.1 Å². The van der Waals surface area contributed by atoms with Crippen molar-refractivity contribution in [3.8, 4) is 5.75 Å². The van der Waals surface area contributed by atoms with Crippen molar-refractivity contribution in [2.24, 2.45) is 0 Å². The van der Waals surface area contributed by atoms with E-state index in [4.69, 9.17) is 9.84 Å². The Kier molecular flexibility index (Phi) is 2.60. The molecule has 1 aromatic carbocycles. The van der Waals surface area contributed by atoms with Crippen LogP contribution in [0.4, 0.5) is 0 Å². The van der Waals surface area contributed by atoms with E-state index in [2.05, 4.69) is 0 Å². The van der Waals surface area contributed by atoms with Crippen molar-refractivity contribution in [3.05, 3.63) is 28.8 Å². The summed E-state index contributed by atoms with van der Waals surface area (Å²) in [6.07, 6.45) is 0.391. The molecule has 4 nitrogen and oxygen atoms in total. The van der Waals surface area contributed by atoms with Crippen LogP contribution < -0.4 is 0 Å². The molecule has 0 unspecified atom stereocenters. The number of aromatic hydroxyl groups is 1. The van der Waals surface area contributed by atoms with Gasteiger partial charge in [0, 0.05) is 6.42 Å². The van der Waals surface area contributed by atoms with E-state index in [1.807, 2.05) is 6.07 Å². The van der Waals surface area contributed by atoms with Gasteiger partial charge in [-0.2, -0.15) is 0 Å². The highest BCUT2D eigenvalue weighted by atomic mass is 16.5. The molecular weight excluding hydrogens is 196 g/mol. The van der Waals surface area contributed by atoms with Crippen LogP contribution in [0.2, 0.25) is 0 Å². The number of hydrogen-bond acceptors (Lipinski definition) is 3. The monoisotopic (exact) mass is 208 g/mol. The molecule has 0 amide bonds. The van der Waals surface area contributed by atoms with Gasteiger partial charge in [0.25, 0.3) is 0 Å². The molecule has 2 rings (SSSR count). The van der Waals surface area contributed by atoms with Crippen molar-refractivity contribution in [1.29, 1.82) is 0 Å². The van der Waals surface area contributed by atoms with E-state index in [9.17, 15) is 9.90 Å². The maximum atomic E-state index is 10.4. The van der Waals surface area contributed by atoms with E-state index < -0.39 is 5.97 Å². The lowest BCUT2D eigenvalue weighted by molar-refractivity contribution is -0.136. The Hall–Kier alpha value is -1.55. The van der Waals surface area contributed by atoms with Crippen LogP contribution in [0.1, 0.15) is 23.1 Å². The average molecular weight is 208 g/mol. The second-order valence-electron chi connectivity index (χ2n) is 3.64. The number of phenolic OH excluding ortho intramolecular Hbond substituents is 1. The van der Waals surface area contributed by atoms with Gasteiger partial charge in [-0.1, -0.05) is 0 Å². The zero-order valence-corrected chi connectivity index (χ0v) is 8.19. The number of benzene rings is 1. The molecule has 1 aliphatic rings. The quantitative estimate of drug-likeness (QED) is 0.788. The van der Waals surface area contributed by atoms with Gasteiger partial charge in [-0.05, 0) is 35.2 Å². The Bertz CT molecular complexity index is 398. The molecule has 0 aliphatic carbocycles. The van der Waals surface area contributed by atoms with Gasteiger partial charge in [-0.25, -0.2) is 0 Å². The summed E-state index contributed by atoms with van der Waals surface area (Å²) >= 11 is 0. The summed E-state index contributed by atoms with van der Waals surface area (Å²) in [7, 11) is 0. The van der Waals surface area contributed by atoms with E-state index in [1.165, 1.54) is 0 Å². The summed E-state index contributed by atoms with van der Waals surface area (Å²) in [5.41, 5.74) is 2.72. The van der Waals surface area contributed by atoms with Gasteiger partial charge >= 0.3 is 5.97 Å². The van der Waals surface area contributed by atoms with Gasteiger partial charge in [-0.15, -0.1) is 0 Å². The SMILES string of the molecule is O=C(O)CCc1cc2c(cc1O)COC2. The summed E-state index contributed by atoms with van der Waals surface area (Å²) in [4.78, 5) is 10.4. The zero-order chi connectivity index (χ0) is 10.8. The molecule has 1 aliphatic heterocycles. The normalized spacial score (nSPS) is 13.9. The number of carbonyl (C=O) groups is 1. The summed E-state index contributed by atoms with van der Waals surface area (Å²) in [5, 5.41) is 18.2. The topological polar surface area (TPSA) is 66.8 Å². The number of rotatable bonds is 3. The first-order valence-corrected chi connectivity index (χ1v) is 4.80. The second-order valence-corrected chi connectivity index (χ2v) is 3.64. The van der Waals surface area contributed by atoms with Crippen LogP contribution in [0.25, 0.3) is 0 Å². The molecule has 0 radical (unpaired) electrons. The van der Waals surface area contributed by atoms with Crippen LogP contribution in [-0.2, 0) is 29.2 Å². The summed E-state index contributed by atoms with van der Waals surface area (Å²) in [6.45, 7) is 1.08. The predicted molar refractivity (Wildman–Crippen MR) is 52.6 cm³/mol. The Labute approximate surface area is 87.1 Å². The Balaban J connectivity index is 2.21. The third-order valence-corrected chi connectivity index (χ3v) is 2.52. The molecular formula is C11H12O4. The second kappa shape index (κ2) is 3.90. The smallest absolute Gasteiger partial charge is 0.303 e. The van der Waals surface area contributed by atoms with Crippen LogP contribution in [-0.4, -0.2) is 16.2 Å². The fourth-order valence-corrected chi connectivity index (χ4v) is 1.71. The van der Waals surface area contributed by atoms with Gasteiger partial charge < -0.3 is 14.9 Å². The minimum atomic E-state index is -0.855. The van der Waals surface area contributed by atoms with Gasteiger partial charge in [0.15, 0.2) is 0 Å². The van der Waals surface area contributed by atoms with Gasteiger partial charge in [-0.3, -0.25) is 4.79 Å². The summed E-state index contributed by atoms with van der Waals surface area (Å²) < 4.78 is 5.22. The number of carboxylic acid groups (broad SMARTS) is 1. The number of ether oxygens (including phenoxy) is 1. The zero-order valence-electron chi connectivity index (χ0n) is 8.19. The Morgan fingerprint density at radius 3 is 2.67 bits per heavy atom. The molecule has 0 saturated carbocycles. The first-order chi connectivity index (χ1) is 7.16. The third kappa shape index (κ3) is 2.10. The molecule has 0 bridgehead atoms. The van der Waals surface area contributed by atoms with Crippen molar-refractivity contribution in [2.45, 2.75) is 26.1 Å². The minimum absolute atomic E-state index is 0.0349. The molecule has 0 aromatic heterocycles. The Morgan fingerprint density at radius 2 is 2.00 bits per heavy atom. The van der Waals surface area contributed by atoms with E-state index in [0.29, 0.717) is 25.2 Å². The van der Waals surface area contributed by atoms with E-state index >= 15 is 0 Å². The maximum absolute atomic E-state index is 10.4. The van der Waals surface area contributed by atoms with Crippen molar-refractivity contribution in [1.82, 2.24) is 0 Å². The molecule has 1 heterocycles. The lowest BCUT2D eigenvalue weighted by Gasteiger charge is -2.05. The van der Waals surface area contributed by atoms with Crippen molar-refractivity contribution in [2.75, 3.05) is 0 Å². The van der Waals surface area contributed by atoms with Gasteiger partial charge in [0.05, 0.1) is 13.2 Å². The molecule has 0 fully saturated rings. The highest BCUT2D eigenvalue weighted by molar-refractivity contribution is 5.67.